The summed E-state index contributed by atoms with van der Waals surface area (Å²) in [5, 5.41) is 0. The topological polar surface area (TPSA) is 0 Å². The van der Waals surface area contributed by atoms with Crippen molar-refractivity contribution in [2.75, 3.05) is 0 Å². The standard InChI is InChI=1S/C17H26.C2H6/c1-13(2)11-15(4)12-17(5,6)16-9-7-14(3)8-10-16;1-2/h7-11,15H,12H2,1-6H3;1-2H3. The van der Waals surface area contributed by atoms with Crippen LogP contribution < -0.4 is 0 Å². The summed E-state index contributed by atoms with van der Waals surface area (Å²) >= 11 is 0. The molecule has 0 heterocycles. The number of allylic oxidation sites excluding steroid dienone is 2. The fourth-order valence-electron chi connectivity index (χ4n) is 2.56. The molecule has 1 aromatic rings. The fraction of sp³-hybridized carbons (Fsp3) is 0.579. The third-order valence-electron chi connectivity index (χ3n) is 3.28. The van der Waals surface area contributed by atoms with Gasteiger partial charge in [0.1, 0.15) is 0 Å². The summed E-state index contributed by atoms with van der Waals surface area (Å²) in [7, 11) is 0. The van der Waals surface area contributed by atoms with Gasteiger partial charge in [0.25, 0.3) is 0 Å². The highest BCUT2D eigenvalue weighted by Crippen LogP contribution is 2.31. The van der Waals surface area contributed by atoms with E-state index in [2.05, 4.69) is 71.9 Å². The zero-order chi connectivity index (χ0) is 15.1. The van der Waals surface area contributed by atoms with Crippen molar-refractivity contribution in [1.29, 1.82) is 0 Å². The Labute approximate surface area is 120 Å². The minimum Gasteiger partial charge on any atom is -0.0830 e. The monoisotopic (exact) mass is 260 g/mol. The Morgan fingerprint density at radius 2 is 1.58 bits per heavy atom. The number of rotatable bonds is 4. The molecule has 0 aliphatic carbocycles. The summed E-state index contributed by atoms with van der Waals surface area (Å²) in [5.74, 6) is 0.635. The van der Waals surface area contributed by atoms with Crippen molar-refractivity contribution in [2.45, 2.75) is 67.2 Å². The van der Waals surface area contributed by atoms with Crippen molar-refractivity contribution in [3.63, 3.8) is 0 Å². The summed E-state index contributed by atoms with van der Waals surface area (Å²) in [6.07, 6.45) is 3.57. The van der Waals surface area contributed by atoms with Gasteiger partial charge in [-0.1, -0.05) is 76.1 Å². The molecule has 19 heavy (non-hydrogen) atoms. The van der Waals surface area contributed by atoms with Gasteiger partial charge in [0, 0.05) is 0 Å². The molecule has 0 saturated heterocycles. The normalized spacial score (nSPS) is 12.2. The molecule has 1 unspecified atom stereocenters. The Morgan fingerprint density at radius 3 is 2.00 bits per heavy atom. The minimum atomic E-state index is 0.249. The Balaban J connectivity index is 0.00000154. The molecule has 0 fully saturated rings. The van der Waals surface area contributed by atoms with Crippen LogP contribution in [0.4, 0.5) is 0 Å². The van der Waals surface area contributed by atoms with Crippen LogP contribution in [0, 0.1) is 12.8 Å². The third kappa shape index (κ3) is 6.61. The van der Waals surface area contributed by atoms with Gasteiger partial charge in [-0.15, -0.1) is 0 Å². The number of benzene rings is 1. The van der Waals surface area contributed by atoms with Crippen LogP contribution in [-0.2, 0) is 5.41 Å². The summed E-state index contributed by atoms with van der Waals surface area (Å²) in [5.41, 5.74) is 4.44. The lowest BCUT2D eigenvalue weighted by atomic mass is 9.77. The molecular formula is C19H32. The lowest BCUT2D eigenvalue weighted by molar-refractivity contribution is 0.422. The third-order valence-corrected chi connectivity index (χ3v) is 3.28. The maximum Gasteiger partial charge on any atom is -0.00981 e. The van der Waals surface area contributed by atoms with Crippen LogP contribution in [-0.4, -0.2) is 0 Å². The van der Waals surface area contributed by atoms with Gasteiger partial charge in [-0.3, -0.25) is 0 Å². The highest BCUT2D eigenvalue weighted by Gasteiger charge is 2.22. The molecule has 1 atom stereocenters. The Hall–Kier alpha value is -1.04. The van der Waals surface area contributed by atoms with Gasteiger partial charge >= 0.3 is 0 Å². The summed E-state index contributed by atoms with van der Waals surface area (Å²) in [4.78, 5) is 0. The lowest BCUT2D eigenvalue weighted by Crippen LogP contribution is -2.20. The first kappa shape index (κ1) is 18.0. The van der Waals surface area contributed by atoms with E-state index in [9.17, 15) is 0 Å². The van der Waals surface area contributed by atoms with Gasteiger partial charge in [-0.05, 0) is 44.1 Å². The lowest BCUT2D eigenvalue weighted by Gasteiger charge is -2.28. The molecule has 0 spiro atoms. The van der Waals surface area contributed by atoms with E-state index in [0.29, 0.717) is 5.92 Å². The summed E-state index contributed by atoms with van der Waals surface area (Å²) in [6.45, 7) is 17.5. The molecule has 0 amide bonds. The molecule has 0 bridgehead atoms. The molecule has 0 nitrogen and oxygen atoms in total. The van der Waals surface area contributed by atoms with Crippen LogP contribution in [0.2, 0.25) is 0 Å². The SMILES string of the molecule is CC.CC(C)=CC(C)CC(C)(C)c1ccc(C)cc1. The quantitative estimate of drug-likeness (QED) is 0.558. The second-order valence-corrected chi connectivity index (χ2v) is 6.18. The van der Waals surface area contributed by atoms with E-state index < -0.39 is 0 Å². The molecular weight excluding hydrogens is 228 g/mol. The van der Waals surface area contributed by atoms with Crippen molar-refractivity contribution < 1.29 is 0 Å². The van der Waals surface area contributed by atoms with Crippen LogP contribution in [0.3, 0.4) is 0 Å². The van der Waals surface area contributed by atoms with Gasteiger partial charge in [0.15, 0.2) is 0 Å². The van der Waals surface area contributed by atoms with E-state index in [1.165, 1.54) is 23.1 Å². The summed E-state index contributed by atoms with van der Waals surface area (Å²) in [6, 6.07) is 8.96. The van der Waals surface area contributed by atoms with Crippen molar-refractivity contribution in [3.8, 4) is 0 Å². The molecule has 108 valence electrons. The van der Waals surface area contributed by atoms with Gasteiger partial charge in [0.2, 0.25) is 0 Å². The van der Waals surface area contributed by atoms with Crippen molar-refractivity contribution in [1.82, 2.24) is 0 Å². The second kappa shape index (κ2) is 8.19. The molecule has 1 aromatic carbocycles. The Kier molecular flexibility index (Phi) is 7.75. The number of hydrogen-bond acceptors (Lipinski definition) is 0. The van der Waals surface area contributed by atoms with E-state index in [-0.39, 0.29) is 5.41 Å². The molecule has 1 rings (SSSR count). The van der Waals surface area contributed by atoms with Crippen LogP contribution >= 0.6 is 0 Å². The summed E-state index contributed by atoms with van der Waals surface area (Å²) < 4.78 is 0. The van der Waals surface area contributed by atoms with E-state index >= 15 is 0 Å². The molecule has 0 heteroatoms. The van der Waals surface area contributed by atoms with E-state index in [1.807, 2.05) is 13.8 Å². The molecule has 0 aliphatic rings. The highest BCUT2D eigenvalue weighted by molar-refractivity contribution is 5.27. The number of aryl methyl sites for hydroxylation is 1. The Bertz CT molecular complexity index is 375. The smallest absolute Gasteiger partial charge is 0.00981 e. The molecule has 0 aliphatic heterocycles. The van der Waals surface area contributed by atoms with Crippen LogP contribution in [0.5, 0.6) is 0 Å². The van der Waals surface area contributed by atoms with Crippen molar-refractivity contribution in [3.05, 3.63) is 47.0 Å². The van der Waals surface area contributed by atoms with Gasteiger partial charge in [-0.2, -0.15) is 0 Å². The van der Waals surface area contributed by atoms with Crippen LogP contribution in [0.15, 0.2) is 35.9 Å². The van der Waals surface area contributed by atoms with Crippen molar-refractivity contribution >= 4 is 0 Å². The molecule has 0 radical (unpaired) electrons. The van der Waals surface area contributed by atoms with Gasteiger partial charge < -0.3 is 0 Å². The van der Waals surface area contributed by atoms with E-state index in [1.54, 1.807) is 0 Å². The Morgan fingerprint density at radius 1 is 1.11 bits per heavy atom. The molecule has 0 N–H and O–H groups in total. The van der Waals surface area contributed by atoms with E-state index in [4.69, 9.17) is 0 Å². The first-order valence-corrected chi connectivity index (χ1v) is 7.53. The zero-order valence-corrected chi connectivity index (χ0v) is 14.2. The average molecular weight is 260 g/mol. The minimum absolute atomic E-state index is 0.249. The first-order valence-electron chi connectivity index (χ1n) is 7.53. The van der Waals surface area contributed by atoms with E-state index in [0.717, 1.165) is 0 Å². The molecule has 0 saturated carbocycles. The largest absolute Gasteiger partial charge is 0.0830 e. The average Bonchev–Trinajstić information content (AvgIpc) is 2.30. The van der Waals surface area contributed by atoms with Crippen LogP contribution in [0.25, 0.3) is 0 Å². The van der Waals surface area contributed by atoms with Gasteiger partial charge in [-0.25, -0.2) is 0 Å². The maximum atomic E-state index is 2.37. The van der Waals surface area contributed by atoms with Crippen LogP contribution in [0.1, 0.15) is 66.0 Å². The predicted molar refractivity (Wildman–Crippen MR) is 88.8 cm³/mol. The van der Waals surface area contributed by atoms with Crippen molar-refractivity contribution in [2.24, 2.45) is 5.92 Å². The number of hydrogen-bond donors (Lipinski definition) is 0. The first-order chi connectivity index (χ1) is 8.81. The second-order valence-electron chi connectivity index (χ2n) is 6.18. The van der Waals surface area contributed by atoms with Gasteiger partial charge in [0.05, 0.1) is 0 Å². The molecule has 0 aromatic heterocycles. The highest BCUT2D eigenvalue weighted by atomic mass is 14.3. The predicted octanol–water partition coefficient (Wildman–Crippen LogP) is 6.29. The fourth-order valence-corrected chi connectivity index (χ4v) is 2.56. The maximum absolute atomic E-state index is 2.37. The zero-order valence-electron chi connectivity index (χ0n) is 14.2.